The number of hydrogen-bond donors (Lipinski definition) is 3. The van der Waals surface area contributed by atoms with Gasteiger partial charge in [0.1, 0.15) is 36.6 Å². The molecule has 390 valence electrons. The molecule has 1 heterocycles. The minimum Gasteiger partial charge on any atom is -0.455 e. The normalized spacial score (nSPS) is 28.4. The van der Waals surface area contributed by atoms with E-state index in [9.17, 15) is 34.2 Å². The van der Waals surface area contributed by atoms with Crippen LogP contribution in [0.4, 0.5) is 4.79 Å². The van der Waals surface area contributed by atoms with Gasteiger partial charge < -0.3 is 48.7 Å². The lowest BCUT2D eigenvalue weighted by molar-refractivity contribution is -0.346. The number of aliphatic hydroxyl groups excluding tert-OH is 1. The van der Waals surface area contributed by atoms with Crippen molar-refractivity contribution in [2.45, 2.75) is 113 Å². The van der Waals surface area contributed by atoms with Gasteiger partial charge in [-0.2, -0.15) is 0 Å². The number of hydrogen-bond acceptors (Lipinski definition) is 17. The van der Waals surface area contributed by atoms with Crippen LogP contribution >= 0.6 is 11.8 Å². The van der Waals surface area contributed by atoms with Gasteiger partial charge in [0.15, 0.2) is 17.5 Å². The molecule has 2 saturated carbocycles. The highest BCUT2D eigenvalue weighted by Gasteiger charge is 2.78. The molecule has 11 atom stereocenters. The van der Waals surface area contributed by atoms with Gasteiger partial charge in [0.2, 0.25) is 6.10 Å². The van der Waals surface area contributed by atoms with Crippen molar-refractivity contribution in [2.24, 2.45) is 16.7 Å². The van der Waals surface area contributed by atoms with Gasteiger partial charge in [0, 0.05) is 48.3 Å². The Balaban J connectivity index is 1.26. The molecule has 74 heavy (non-hydrogen) atoms. The van der Waals surface area contributed by atoms with Crippen molar-refractivity contribution < 1.29 is 76.9 Å². The fourth-order valence-corrected chi connectivity index (χ4v) is 12.0. The van der Waals surface area contributed by atoms with Crippen molar-refractivity contribution in [2.75, 3.05) is 19.0 Å². The van der Waals surface area contributed by atoms with Crippen LogP contribution in [0.5, 0.6) is 0 Å². The molecular formula is C56H59NO16S. The number of esters is 4. The predicted octanol–water partition coefficient (Wildman–Crippen LogP) is 6.69. The number of rotatable bonds is 15. The number of benzene rings is 4. The van der Waals surface area contributed by atoms with E-state index in [1.807, 2.05) is 30.3 Å². The Hall–Kier alpha value is -6.86. The van der Waals surface area contributed by atoms with E-state index in [0.717, 1.165) is 18.7 Å². The number of carbonyl (C=O) groups is 7. The fraction of sp³-hybridized carbons (Fsp3) is 0.411. The zero-order valence-electron chi connectivity index (χ0n) is 41.7. The van der Waals surface area contributed by atoms with E-state index >= 15 is 9.59 Å². The summed E-state index contributed by atoms with van der Waals surface area (Å²) in [7, 11) is 0. The lowest BCUT2D eigenvalue weighted by Crippen LogP contribution is -2.82. The molecule has 2 bridgehead atoms. The molecule has 1 aliphatic heterocycles. The first-order valence-corrected chi connectivity index (χ1v) is 25.2. The molecular weight excluding hydrogens is 975 g/mol. The van der Waals surface area contributed by atoms with E-state index < -0.39 is 119 Å². The second-order valence-corrected chi connectivity index (χ2v) is 20.9. The maximum absolute atomic E-state index is 15.8. The van der Waals surface area contributed by atoms with Crippen LogP contribution in [0.3, 0.4) is 0 Å². The van der Waals surface area contributed by atoms with Crippen LogP contribution in [0.2, 0.25) is 0 Å². The Morgan fingerprint density at radius 1 is 0.797 bits per heavy atom. The van der Waals surface area contributed by atoms with Crippen LogP contribution in [0.25, 0.3) is 0 Å². The number of ether oxygens (including phenoxy) is 7. The Labute approximate surface area is 432 Å². The SMILES string of the molecule is CC(=O)O[C@H]1C(=O)[C@@]2(C)[C@H]([C@H](OC(=O)c3ccccc3)[C@]3(O)C[C@H](OC(=O)[C@H](OC(=O)OCCSc4ccccc4)[C@@H](NC(=O)c4ccccc4)c4ccccc4)C(C)=C1C3(C)C)[C@]1(OC(C)=O)CO[C@@H]1C[C@@H]2O. The molecule has 18 heteroatoms. The van der Waals surface area contributed by atoms with Crippen LogP contribution in [0, 0.1) is 16.7 Å². The van der Waals surface area contributed by atoms with E-state index in [2.05, 4.69) is 5.32 Å². The number of nitrogens with one attached hydrogen (secondary N) is 1. The minimum absolute atomic E-state index is 0.0434. The molecule has 0 spiro atoms. The third-order valence-electron chi connectivity index (χ3n) is 15.0. The Bertz CT molecular complexity index is 2790. The van der Waals surface area contributed by atoms with Crippen molar-refractivity contribution in [1.29, 1.82) is 0 Å². The van der Waals surface area contributed by atoms with Gasteiger partial charge in [0.05, 0.1) is 29.6 Å². The van der Waals surface area contributed by atoms with Crippen LogP contribution in [0.1, 0.15) is 86.7 Å². The molecule has 4 aromatic carbocycles. The first-order valence-electron chi connectivity index (χ1n) is 24.3. The summed E-state index contributed by atoms with van der Waals surface area (Å²) in [6.45, 7) is 7.74. The van der Waals surface area contributed by atoms with Crippen LogP contribution in [-0.2, 0) is 52.3 Å². The van der Waals surface area contributed by atoms with Crippen LogP contribution in [-0.4, -0.2) is 119 Å². The Kier molecular flexibility index (Phi) is 15.6. The highest BCUT2D eigenvalue weighted by molar-refractivity contribution is 7.99. The standard InChI is InChI=1S/C56H59NO16S/c1-32-39(70-51(64)45(71-52(65)67-27-28-74-38-25-17-10-18-26-38)43(35-19-11-7-12-20-35)57-49(62)36-21-13-8-14-22-36)30-56(66)48(72-50(63)37-23-15-9-16-24-37)46-54(6,40(60)29-41-55(46,31-68-41)73-34(3)59)47(61)44(69-33(2)58)42(32)53(56,4)5/h7-26,39-41,43-46,48,60,66H,27-31H2,1-6H3,(H,57,62)/t39-,40-,41+,43-,44+,45+,46-,48-,54+,55-,56+/m0/s1. The first kappa shape index (κ1) is 53.4. The van der Waals surface area contributed by atoms with Gasteiger partial charge in [-0.3, -0.25) is 19.2 Å². The van der Waals surface area contributed by atoms with E-state index in [1.165, 1.54) is 37.7 Å². The quantitative estimate of drug-likeness (QED) is 0.0370. The fourth-order valence-electron chi connectivity index (χ4n) is 11.2. The van der Waals surface area contributed by atoms with Gasteiger partial charge in [0.25, 0.3) is 5.91 Å². The zero-order valence-corrected chi connectivity index (χ0v) is 42.5. The summed E-state index contributed by atoms with van der Waals surface area (Å²) in [5, 5.41) is 29.0. The van der Waals surface area contributed by atoms with Crippen molar-refractivity contribution in [1.82, 2.24) is 5.32 Å². The topological polar surface area (TPSA) is 237 Å². The molecule has 0 unspecified atom stereocenters. The van der Waals surface area contributed by atoms with E-state index in [4.69, 9.17) is 33.2 Å². The van der Waals surface area contributed by atoms with Gasteiger partial charge in [-0.25, -0.2) is 14.4 Å². The molecule has 3 aliphatic carbocycles. The average molecular weight is 1030 g/mol. The zero-order chi connectivity index (χ0) is 53.2. The van der Waals surface area contributed by atoms with E-state index in [-0.39, 0.29) is 41.9 Å². The van der Waals surface area contributed by atoms with Crippen molar-refractivity contribution in [3.8, 4) is 0 Å². The Morgan fingerprint density at radius 2 is 1.39 bits per heavy atom. The highest BCUT2D eigenvalue weighted by atomic mass is 32.2. The summed E-state index contributed by atoms with van der Waals surface area (Å²) in [6.07, 6.45) is -12.2. The van der Waals surface area contributed by atoms with Gasteiger partial charge in [-0.1, -0.05) is 98.8 Å². The number of Topliss-reactive ketones (excluding diaryl/α,β-unsaturated/α-hetero) is 1. The first-order chi connectivity index (χ1) is 35.2. The minimum atomic E-state index is -2.47. The summed E-state index contributed by atoms with van der Waals surface area (Å²) < 4.78 is 42.2. The molecule has 0 aromatic heterocycles. The van der Waals surface area contributed by atoms with E-state index in [1.54, 1.807) is 92.7 Å². The molecule has 1 saturated heterocycles. The maximum atomic E-state index is 15.8. The lowest BCUT2D eigenvalue weighted by Gasteiger charge is -2.67. The second kappa shape index (κ2) is 21.5. The summed E-state index contributed by atoms with van der Waals surface area (Å²) in [5.41, 5.74) is -7.50. The molecule has 3 fully saturated rings. The maximum Gasteiger partial charge on any atom is 0.509 e. The Morgan fingerprint density at radius 3 is 1.97 bits per heavy atom. The molecule has 1 amide bonds. The summed E-state index contributed by atoms with van der Waals surface area (Å²) in [4.78, 5) is 101. The highest BCUT2D eigenvalue weighted by Crippen LogP contribution is 2.64. The molecule has 3 N–H and O–H groups in total. The molecule has 8 rings (SSSR count). The van der Waals surface area contributed by atoms with Crippen molar-refractivity contribution in [3.63, 3.8) is 0 Å². The number of amides is 1. The third-order valence-corrected chi connectivity index (χ3v) is 16.0. The third kappa shape index (κ3) is 10.1. The number of ketones is 1. The van der Waals surface area contributed by atoms with Crippen molar-refractivity contribution >= 4 is 53.5 Å². The predicted molar refractivity (Wildman–Crippen MR) is 265 cm³/mol. The summed E-state index contributed by atoms with van der Waals surface area (Å²) in [5.74, 6) is -6.77. The molecule has 17 nitrogen and oxygen atoms in total. The van der Waals surface area contributed by atoms with E-state index in [0.29, 0.717) is 11.3 Å². The smallest absolute Gasteiger partial charge is 0.455 e. The number of fused-ring (bicyclic) bond motifs is 5. The van der Waals surface area contributed by atoms with Crippen molar-refractivity contribution in [3.05, 3.63) is 149 Å². The molecule has 4 aliphatic rings. The lowest BCUT2D eigenvalue weighted by atomic mass is 9.44. The number of thioether (sulfide) groups is 1. The average Bonchev–Trinajstić information content (AvgIpc) is 3.41. The largest absolute Gasteiger partial charge is 0.509 e. The van der Waals surface area contributed by atoms with Gasteiger partial charge in [-0.15, -0.1) is 11.8 Å². The number of aliphatic hydroxyl groups is 2. The van der Waals surface area contributed by atoms with Crippen LogP contribution in [0.15, 0.2) is 137 Å². The monoisotopic (exact) mass is 1030 g/mol. The summed E-state index contributed by atoms with van der Waals surface area (Å²) in [6, 6.07) is 32.1. The van der Waals surface area contributed by atoms with Crippen LogP contribution < -0.4 is 5.32 Å². The molecule has 0 radical (unpaired) electrons. The second-order valence-electron chi connectivity index (χ2n) is 19.7. The van der Waals surface area contributed by atoms with Gasteiger partial charge >= 0.3 is 30.0 Å². The van der Waals surface area contributed by atoms with Gasteiger partial charge in [-0.05, 0) is 67.0 Å². The number of carbonyl (C=O) groups excluding carboxylic acids is 7. The summed E-state index contributed by atoms with van der Waals surface area (Å²) >= 11 is 1.41. The molecule has 4 aromatic rings.